The zero-order chi connectivity index (χ0) is 23.1. The van der Waals surface area contributed by atoms with Crippen molar-refractivity contribution in [2.45, 2.75) is 33.9 Å². The Balaban J connectivity index is 0.000000305. The largest absolute Gasteiger partial charge is 0.462 e. The maximum atomic E-state index is 12.0. The van der Waals surface area contributed by atoms with E-state index in [4.69, 9.17) is 9.84 Å². The van der Waals surface area contributed by atoms with Crippen molar-refractivity contribution >= 4 is 28.2 Å². The number of aliphatic hydroxyl groups excluding tert-OH is 1. The average Bonchev–Trinajstić information content (AvgIpc) is 3.40. The number of benzene rings is 2. The number of esters is 1. The van der Waals surface area contributed by atoms with Crippen molar-refractivity contribution < 1.29 is 14.6 Å². The van der Waals surface area contributed by atoms with Crippen molar-refractivity contribution in [3.8, 4) is 16.6 Å². The summed E-state index contributed by atoms with van der Waals surface area (Å²) < 4.78 is 7.12. The van der Waals surface area contributed by atoms with Gasteiger partial charge in [-0.15, -0.1) is 11.3 Å². The SMILES string of the molecule is CCOC(=O)c1sc(-c2ccc3c(c2)c(C#N)cn3CC)nc1C.OCc1ccccc1. The number of carbonyl (C=O) groups is 1. The minimum atomic E-state index is -0.338. The lowest BCUT2D eigenvalue weighted by Gasteiger charge is -2.01. The van der Waals surface area contributed by atoms with Crippen LogP contribution in [0, 0.1) is 18.3 Å². The highest BCUT2D eigenvalue weighted by atomic mass is 32.1. The molecule has 0 spiro atoms. The lowest BCUT2D eigenvalue weighted by molar-refractivity contribution is 0.0531. The van der Waals surface area contributed by atoms with Gasteiger partial charge >= 0.3 is 5.97 Å². The fourth-order valence-corrected chi connectivity index (χ4v) is 4.23. The summed E-state index contributed by atoms with van der Waals surface area (Å²) in [6.07, 6.45) is 1.87. The number of rotatable bonds is 5. The third-order valence-corrected chi connectivity index (χ3v) is 6.06. The molecular formula is C25H25N3O3S. The molecule has 0 fully saturated rings. The van der Waals surface area contributed by atoms with Gasteiger partial charge < -0.3 is 14.4 Å². The van der Waals surface area contributed by atoms with Crippen LogP contribution in [0.25, 0.3) is 21.5 Å². The molecule has 0 saturated heterocycles. The van der Waals surface area contributed by atoms with Crippen LogP contribution >= 0.6 is 11.3 Å². The lowest BCUT2D eigenvalue weighted by atomic mass is 10.1. The Hall–Kier alpha value is -3.47. The van der Waals surface area contributed by atoms with Crippen molar-refractivity contribution in [3.05, 3.63) is 76.4 Å². The average molecular weight is 448 g/mol. The van der Waals surface area contributed by atoms with Gasteiger partial charge in [0.2, 0.25) is 0 Å². The highest BCUT2D eigenvalue weighted by molar-refractivity contribution is 7.17. The molecule has 2 aromatic carbocycles. The minimum absolute atomic E-state index is 0.140. The number of nitriles is 1. The maximum absolute atomic E-state index is 12.0. The van der Waals surface area contributed by atoms with Gasteiger partial charge in [0.25, 0.3) is 0 Å². The van der Waals surface area contributed by atoms with E-state index in [2.05, 4.69) is 15.6 Å². The van der Waals surface area contributed by atoms with Gasteiger partial charge in [0.15, 0.2) is 0 Å². The Kier molecular flexibility index (Phi) is 7.77. The summed E-state index contributed by atoms with van der Waals surface area (Å²) in [6, 6.07) is 17.7. The third-order valence-electron chi connectivity index (χ3n) is 4.87. The molecule has 0 saturated carbocycles. The quantitative estimate of drug-likeness (QED) is 0.418. The number of fused-ring (bicyclic) bond motifs is 1. The molecule has 0 atom stereocenters. The van der Waals surface area contributed by atoms with Crippen LogP contribution in [0.3, 0.4) is 0 Å². The smallest absolute Gasteiger partial charge is 0.350 e. The summed E-state index contributed by atoms with van der Waals surface area (Å²) in [4.78, 5) is 17.0. The van der Waals surface area contributed by atoms with E-state index >= 15 is 0 Å². The Morgan fingerprint density at radius 1 is 1.22 bits per heavy atom. The van der Waals surface area contributed by atoms with Gasteiger partial charge in [0.05, 0.1) is 24.5 Å². The zero-order valence-electron chi connectivity index (χ0n) is 18.3. The van der Waals surface area contributed by atoms with Crippen LogP contribution in [0.5, 0.6) is 0 Å². The molecule has 0 aliphatic rings. The van der Waals surface area contributed by atoms with Crippen LogP contribution in [0.2, 0.25) is 0 Å². The van der Waals surface area contributed by atoms with Crippen LogP contribution in [-0.4, -0.2) is 27.2 Å². The van der Waals surface area contributed by atoms with E-state index in [0.29, 0.717) is 22.7 Å². The summed E-state index contributed by atoms with van der Waals surface area (Å²) in [6.45, 7) is 6.92. The topological polar surface area (TPSA) is 88.1 Å². The first-order valence-corrected chi connectivity index (χ1v) is 11.2. The van der Waals surface area contributed by atoms with Crippen molar-refractivity contribution in [2.75, 3.05) is 6.61 Å². The molecule has 0 aliphatic heterocycles. The van der Waals surface area contributed by atoms with Gasteiger partial charge in [-0.05, 0) is 44.5 Å². The second-order valence-electron chi connectivity index (χ2n) is 6.97. The molecule has 2 aromatic heterocycles. The molecule has 164 valence electrons. The standard InChI is InChI=1S/C18H17N3O2S.C7H8O/c1-4-21-10-13(9-19)14-8-12(6-7-15(14)21)17-20-11(3)16(24-17)18(22)23-5-2;8-6-7-4-2-1-3-5-7/h6-8,10H,4-5H2,1-3H3;1-5,8H,6H2. The van der Waals surface area contributed by atoms with Crippen molar-refractivity contribution in [2.24, 2.45) is 0 Å². The fraction of sp³-hybridized carbons (Fsp3) is 0.240. The first kappa shape index (κ1) is 23.2. The molecule has 0 bridgehead atoms. The molecule has 0 amide bonds. The predicted molar refractivity (Wildman–Crippen MR) is 126 cm³/mol. The van der Waals surface area contributed by atoms with E-state index in [9.17, 15) is 10.1 Å². The van der Waals surface area contributed by atoms with Gasteiger partial charge in [0, 0.05) is 29.2 Å². The molecule has 0 radical (unpaired) electrons. The van der Waals surface area contributed by atoms with E-state index < -0.39 is 0 Å². The number of carbonyl (C=O) groups excluding carboxylic acids is 1. The summed E-state index contributed by atoms with van der Waals surface area (Å²) in [7, 11) is 0. The molecule has 0 aliphatic carbocycles. The molecule has 0 unspecified atom stereocenters. The second-order valence-corrected chi connectivity index (χ2v) is 7.97. The van der Waals surface area contributed by atoms with Gasteiger partial charge in [0.1, 0.15) is 16.0 Å². The van der Waals surface area contributed by atoms with E-state index in [-0.39, 0.29) is 12.6 Å². The molecule has 4 rings (SSSR count). The number of ether oxygens (including phenoxy) is 1. The van der Waals surface area contributed by atoms with E-state index in [0.717, 1.165) is 33.6 Å². The fourth-order valence-electron chi connectivity index (χ4n) is 3.27. The van der Waals surface area contributed by atoms with Crippen molar-refractivity contribution in [3.63, 3.8) is 0 Å². The van der Waals surface area contributed by atoms with Gasteiger partial charge in [-0.3, -0.25) is 0 Å². The summed E-state index contributed by atoms with van der Waals surface area (Å²) in [5.74, 6) is -0.338. The molecule has 7 heteroatoms. The first-order chi connectivity index (χ1) is 15.5. The third kappa shape index (κ3) is 5.05. The zero-order valence-corrected chi connectivity index (χ0v) is 19.1. The van der Waals surface area contributed by atoms with E-state index in [1.807, 2.05) is 61.7 Å². The van der Waals surface area contributed by atoms with Gasteiger partial charge in [-0.2, -0.15) is 5.26 Å². The number of hydrogen-bond donors (Lipinski definition) is 1. The highest BCUT2D eigenvalue weighted by Crippen LogP contribution is 2.32. The van der Waals surface area contributed by atoms with Crippen LogP contribution in [0.1, 0.15) is 40.3 Å². The number of hydrogen-bond acceptors (Lipinski definition) is 6. The van der Waals surface area contributed by atoms with Crippen LogP contribution in [0.4, 0.5) is 0 Å². The number of nitrogens with zero attached hydrogens (tertiary/aromatic N) is 3. The Bertz CT molecular complexity index is 1250. The predicted octanol–water partition coefficient (Wildman–Crippen LogP) is 5.32. The van der Waals surface area contributed by atoms with Crippen molar-refractivity contribution in [1.29, 1.82) is 5.26 Å². The normalized spacial score (nSPS) is 10.3. The number of aromatic nitrogens is 2. The van der Waals surface area contributed by atoms with Crippen LogP contribution < -0.4 is 0 Å². The maximum Gasteiger partial charge on any atom is 0.350 e. The second kappa shape index (κ2) is 10.7. The number of aryl methyl sites for hydroxylation is 2. The van der Waals surface area contributed by atoms with Crippen molar-refractivity contribution in [1.82, 2.24) is 9.55 Å². The van der Waals surface area contributed by atoms with E-state index in [1.165, 1.54) is 11.3 Å². The molecule has 2 heterocycles. The van der Waals surface area contributed by atoms with E-state index in [1.54, 1.807) is 13.8 Å². The van der Waals surface area contributed by atoms with Gasteiger partial charge in [-0.25, -0.2) is 9.78 Å². The van der Waals surface area contributed by atoms with Gasteiger partial charge in [-0.1, -0.05) is 30.3 Å². The highest BCUT2D eigenvalue weighted by Gasteiger charge is 2.18. The summed E-state index contributed by atoms with van der Waals surface area (Å²) >= 11 is 1.32. The van der Waals surface area contributed by atoms with Crippen LogP contribution in [0.15, 0.2) is 54.7 Å². The summed E-state index contributed by atoms with van der Waals surface area (Å²) in [5, 5.41) is 19.5. The Morgan fingerprint density at radius 2 is 1.97 bits per heavy atom. The molecule has 4 aromatic rings. The first-order valence-electron chi connectivity index (χ1n) is 10.3. The Morgan fingerprint density at radius 3 is 2.56 bits per heavy atom. The molecule has 32 heavy (non-hydrogen) atoms. The molecule has 6 nitrogen and oxygen atoms in total. The number of aliphatic hydroxyl groups is 1. The lowest BCUT2D eigenvalue weighted by Crippen LogP contribution is -2.03. The summed E-state index contributed by atoms with van der Waals surface area (Å²) in [5.41, 5.74) is 4.20. The number of thiazole rings is 1. The monoisotopic (exact) mass is 447 g/mol. The van der Waals surface area contributed by atoms with Crippen LogP contribution in [-0.2, 0) is 17.9 Å². The Labute approximate surface area is 191 Å². The minimum Gasteiger partial charge on any atom is -0.462 e. The molecular weight excluding hydrogens is 422 g/mol. The molecule has 1 N–H and O–H groups in total.